The molecule has 0 atom stereocenters. The molecular formula is C47H61BrN2. The lowest BCUT2D eigenvalue weighted by Gasteiger charge is -2.25. The number of rotatable bonds is 8. The number of hydrogen-bond acceptors (Lipinski definition) is 2. The number of nitrogens with two attached hydrogens (primary N) is 1. The summed E-state index contributed by atoms with van der Waals surface area (Å²) < 4.78 is 0. The van der Waals surface area contributed by atoms with E-state index in [1.165, 1.54) is 44.5 Å². The maximum absolute atomic E-state index is 5.35. The zero-order valence-corrected chi connectivity index (χ0v) is 33.7. The minimum absolute atomic E-state index is 0.192. The summed E-state index contributed by atoms with van der Waals surface area (Å²) in [5.74, 6) is 0. The van der Waals surface area contributed by atoms with Gasteiger partial charge in [-0.05, 0) is 60.8 Å². The maximum atomic E-state index is 5.35. The molecule has 5 rings (SSSR count). The highest BCUT2D eigenvalue weighted by molar-refractivity contribution is 9.08. The molecule has 0 saturated heterocycles. The fraction of sp³-hybridized carbons (Fsp3) is 0.362. The van der Waals surface area contributed by atoms with Gasteiger partial charge in [-0.15, -0.1) is 0 Å². The highest BCUT2D eigenvalue weighted by Crippen LogP contribution is 2.25. The number of hydrogen-bond donors (Lipinski definition) is 1. The first kappa shape index (κ1) is 40.9. The van der Waals surface area contributed by atoms with E-state index in [1.54, 1.807) is 0 Å². The van der Waals surface area contributed by atoms with E-state index in [0.29, 0.717) is 6.54 Å². The number of benzene rings is 5. The molecule has 2 nitrogen and oxygen atoms in total. The molecule has 5 aromatic rings. The molecule has 0 saturated carbocycles. The third-order valence-electron chi connectivity index (χ3n) is 8.75. The van der Waals surface area contributed by atoms with Crippen LogP contribution in [0.5, 0.6) is 0 Å². The summed E-state index contributed by atoms with van der Waals surface area (Å²) in [6, 6.07) is 47.9. The van der Waals surface area contributed by atoms with Crippen LogP contribution in [-0.2, 0) is 47.8 Å². The van der Waals surface area contributed by atoms with Crippen molar-refractivity contribution in [1.82, 2.24) is 4.90 Å². The smallest absolute Gasteiger partial charge is 0.0283 e. The predicted octanol–water partition coefficient (Wildman–Crippen LogP) is 12.5. The lowest BCUT2D eigenvalue weighted by molar-refractivity contribution is 0.247. The minimum Gasteiger partial charge on any atom is -0.326 e. The van der Waals surface area contributed by atoms with E-state index in [9.17, 15) is 0 Å². The molecule has 266 valence electrons. The molecule has 0 aromatic heterocycles. The van der Waals surface area contributed by atoms with Gasteiger partial charge in [0, 0.05) is 31.5 Å². The fourth-order valence-corrected chi connectivity index (χ4v) is 5.83. The highest BCUT2D eigenvalue weighted by atomic mass is 79.9. The van der Waals surface area contributed by atoms with Crippen molar-refractivity contribution >= 4 is 15.9 Å². The van der Waals surface area contributed by atoms with Crippen molar-refractivity contribution in [3.05, 3.63) is 178 Å². The second-order valence-corrected chi connectivity index (χ2v) is 16.9. The molecule has 0 unspecified atom stereocenters. The van der Waals surface area contributed by atoms with Crippen LogP contribution in [0.1, 0.15) is 107 Å². The Morgan fingerprint density at radius 3 is 0.940 bits per heavy atom. The van der Waals surface area contributed by atoms with E-state index in [0.717, 1.165) is 25.0 Å². The molecule has 5 aromatic carbocycles. The van der Waals surface area contributed by atoms with E-state index >= 15 is 0 Å². The van der Waals surface area contributed by atoms with Crippen LogP contribution >= 0.6 is 15.9 Å². The second-order valence-electron chi connectivity index (χ2n) is 16.3. The quantitative estimate of drug-likeness (QED) is 0.161. The molecule has 0 spiro atoms. The molecule has 0 aliphatic carbocycles. The van der Waals surface area contributed by atoms with Crippen molar-refractivity contribution in [3.63, 3.8) is 0 Å². The SMILES string of the molecule is CC(C)(C)c1ccc(CBr)cc1.CC(C)(C)c1ccc(CN(Cc2ccccc2)Cc2ccc(C(C)(C)C)cc2)cc1.NCc1ccccc1. The molecule has 0 aliphatic rings. The third kappa shape index (κ3) is 14.4. The molecule has 50 heavy (non-hydrogen) atoms. The summed E-state index contributed by atoms with van der Waals surface area (Å²) in [5, 5.41) is 0.942. The van der Waals surface area contributed by atoms with Crippen molar-refractivity contribution in [2.75, 3.05) is 0 Å². The van der Waals surface area contributed by atoms with E-state index in [4.69, 9.17) is 5.73 Å². The van der Waals surface area contributed by atoms with Crippen molar-refractivity contribution in [3.8, 4) is 0 Å². The van der Waals surface area contributed by atoms with E-state index in [2.05, 4.69) is 186 Å². The van der Waals surface area contributed by atoms with Gasteiger partial charge in [-0.1, -0.05) is 212 Å². The lowest BCUT2D eigenvalue weighted by Crippen LogP contribution is -2.22. The molecule has 0 radical (unpaired) electrons. The van der Waals surface area contributed by atoms with Crippen LogP contribution < -0.4 is 5.73 Å². The lowest BCUT2D eigenvalue weighted by atomic mass is 9.86. The Hall–Kier alpha value is -3.50. The zero-order valence-electron chi connectivity index (χ0n) is 32.1. The summed E-state index contributed by atoms with van der Waals surface area (Å²) in [6.07, 6.45) is 0. The first-order valence-corrected chi connectivity index (χ1v) is 19.0. The number of nitrogens with zero attached hydrogens (tertiary/aromatic N) is 1. The van der Waals surface area contributed by atoms with E-state index in [-0.39, 0.29) is 16.2 Å². The monoisotopic (exact) mass is 732 g/mol. The van der Waals surface area contributed by atoms with Crippen molar-refractivity contribution in [1.29, 1.82) is 0 Å². The molecule has 3 heteroatoms. The van der Waals surface area contributed by atoms with Crippen LogP contribution in [0, 0.1) is 0 Å². The van der Waals surface area contributed by atoms with Gasteiger partial charge < -0.3 is 5.73 Å². The van der Waals surface area contributed by atoms with Gasteiger partial charge in [-0.25, -0.2) is 0 Å². The molecule has 2 N–H and O–H groups in total. The summed E-state index contributed by atoms with van der Waals surface area (Å²) in [6.45, 7) is 23.8. The molecule has 0 amide bonds. The number of halogens is 1. The van der Waals surface area contributed by atoms with E-state index in [1.807, 2.05) is 30.3 Å². The van der Waals surface area contributed by atoms with Gasteiger partial charge in [0.05, 0.1) is 0 Å². The normalized spacial score (nSPS) is 11.7. The summed E-state index contributed by atoms with van der Waals surface area (Å²) in [7, 11) is 0. The average molecular weight is 734 g/mol. The minimum atomic E-state index is 0.192. The van der Waals surface area contributed by atoms with Gasteiger partial charge in [0.25, 0.3) is 0 Å². The standard InChI is InChI=1S/C29H37N.C11H15Br.C7H9N/c1-28(2,3)26-16-12-24(13-17-26)21-30(20-23-10-8-7-9-11-23)22-25-14-18-27(19-15-25)29(4,5)6;1-11(2,3)10-6-4-9(8-12)5-7-10;8-6-7-4-2-1-3-5-7/h7-19H,20-22H2,1-6H3;4-7H,8H2,1-3H3;1-5H,6,8H2. The predicted molar refractivity (Wildman–Crippen MR) is 222 cm³/mol. The molecular weight excluding hydrogens is 672 g/mol. The van der Waals surface area contributed by atoms with Gasteiger partial charge in [-0.2, -0.15) is 0 Å². The van der Waals surface area contributed by atoms with Crippen LogP contribution in [0.2, 0.25) is 0 Å². The fourth-order valence-electron chi connectivity index (χ4n) is 5.45. The first-order valence-electron chi connectivity index (χ1n) is 17.9. The van der Waals surface area contributed by atoms with Crippen LogP contribution in [0.25, 0.3) is 0 Å². The van der Waals surface area contributed by atoms with E-state index < -0.39 is 0 Å². The molecule has 0 bridgehead atoms. The van der Waals surface area contributed by atoms with Gasteiger partial charge >= 0.3 is 0 Å². The average Bonchev–Trinajstić information content (AvgIpc) is 3.09. The van der Waals surface area contributed by atoms with Crippen LogP contribution in [-0.4, -0.2) is 4.90 Å². The highest BCUT2D eigenvalue weighted by Gasteiger charge is 2.16. The van der Waals surface area contributed by atoms with Crippen molar-refractivity contribution in [2.45, 2.75) is 110 Å². The Kier molecular flexibility index (Phi) is 15.7. The second kappa shape index (κ2) is 19.2. The molecule has 0 fully saturated rings. The third-order valence-corrected chi connectivity index (χ3v) is 9.40. The summed E-state index contributed by atoms with van der Waals surface area (Å²) in [5.41, 5.74) is 16.8. The Morgan fingerprint density at radius 2 is 0.680 bits per heavy atom. The van der Waals surface area contributed by atoms with Crippen LogP contribution in [0.4, 0.5) is 0 Å². The molecule has 0 heterocycles. The van der Waals surface area contributed by atoms with Crippen LogP contribution in [0.3, 0.4) is 0 Å². The zero-order chi connectivity index (χ0) is 36.8. The number of alkyl halides is 1. The van der Waals surface area contributed by atoms with Gasteiger partial charge in [-0.3, -0.25) is 4.90 Å². The largest absolute Gasteiger partial charge is 0.326 e. The first-order chi connectivity index (χ1) is 23.6. The summed E-state index contributed by atoms with van der Waals surface area (Å²) >= 11 is 3.43. The Labute approximate surface area is 313 Å². The van der Waals surface area contributed by atoms with Crippen molar-refractivity contribution in [2.24, 2.45) is 5.73 Å². The van der Waals surface area contributed by atoms with Gasteiger partial charge in [0.1, 0.15) is 0 Å². The molecule has 0 aliphatic heterocycles. The Morgan fingerprint density at radius 1 is 0.400 bits per heavy atom. The van der Waals surface area contributed by atoms with Crippen molar-refractivity contribution < 1.29 is 0 Å². The van der Waals surface area contributed by atoms with Crippen LogP contribution in [0.15, 0.2) is 133 Å². The Balaban J connectivity index is 0.000000274. The van der Waals surface area contributed by atoms with Gasteiger partial charge in [0.15, 0.2) is 0 Å². The topological polar surface area (TPSA) is 29.3 Å². The van der Waals surface area contributed by atoms with Gasteiger partial charge in [0.2, 0.25) is 0 Å². The maximum Gasteiger partial charge on any atom is 0.0283 e. The Bertz CT molecular complexity index is 1580. The summed E-state index contributed by atoms with van der Waals surface area (Å²) in [4.78, 5) is 2.54.